The predicted molar refractivity (Wildman–Crippen MR) is 58.8 cm³/mol. The number of aliphatic carboxylic acids is 1. The molecule has 102 valence electrons. The first-order chi connectivity index (χ1) is 8.56. The van der Waals surface area contributed by atoms with Crippen LogP contribution in [0.15, 0.2) is 0 Å². The molecular formula is C10H16N2O6. The summed E-state index contributed by atoms with van der Waals surface area (Å²) in [7, 11) is 1.47. The van der Waals surface area contributed by atoms with Crippen molar-refractivity contribution in [1.29, 1.82) is 0 Å². The Bertz CT molecular complexity index is 332. The van der Waals surface area contributed by atoms with Crippen LogP contribution in [0.1, 0.15) is 0 Å². The average Bonchev–Trinajstić information content (AvgIpc) is 2.37. The Morgan fingerprint density at radius 3 is 2.78 bits per heavy atom. The highest BCUT2D eigenvalue weighted by atomic mass is 16.5. The van der Waals surface area contributed by atoms with E-state index >= 15 is 0 Å². The summed E-state index contributed by atoms with van der Waals surface area (Å²) in [4.78, 5) is 34.9. The summed E-state index contributed by atoms with van der Waals surface area (Å²) in [6, 6.07) is -0.690. The summed E-state index contributed by atoms with van der Waals surface area (Å²) in [5.41, 5.74) is 0. The number of hydrogen-bond donors (Lipinski definition) is 2. The van der Waals surface area contributed by atoms with E-state index in [1.165, 1.54) is 11.9 Å². The molecule has 1 rings (SSSR count). The molecule has 1 heterocycles. The zero-order chi connectivity index (χ0) is 13.5. The highest BCUT2D eigenvalue weighted by Gasteiger charge is 2.32. The molecule has 8 nitrogen and oxygen atoms in total. The van der Waals surface area contributed by atoms with E-state index in [0.717, 1.165) is 0 Å². The van der Waals surface area contributed by atoms with Crippen LogP contribution in [0.25, 0.3) is 0 Å². The van der Waals surface area contributed by atoms with Gasteiger partial charge in [0, 0.05) is 13.6 Å². The minimum absolute atomic E-state index is 0.129. The number of ether oxygens (including phenoxy) is 2. The van der Waals surface area contributed by atoms with E-state index in [1.54, 1.807) is 0 Å². The van der Waals surface area contributed by atoms with Gasteiger partial charge in [-0.15, -0.1) is 0 Å². The summed E-state index contributed by atoms with van der Waals surface area (Å²) in [6.07, 6.45) is 0. The fourth-order valence-electron chi connectivity index (χ4n) is 1.59. The van der Waals surface area contributed by atoms with Gasteiger partial charge in [0.05, 0.1) is 13.2 Å². The van der Waals surface area contributed by atoms with Crippen molar-refractivity contribution in [3.8, 4) is 0 Å². The van der Waals surface area contributed by atoms with Crippen molar-refractivity contribution >= 4 is 17.8 Å². The summed E-state index contributed by atoms with van der Waals surface area (Å²) in [5.74, 6) is -1.89. The summed E-state index contributed by atoms with van der Waals surface area (Å²) >= 11 is 0. The van der Waals surface area contributed by atoms with Crippen LogP contribution >= 0.6 is 0 Å². The van der Waals surface area contributed by atoms with Gasteiger partial charge in [-0.25, -0.2) is 4.79 Å². The lowest BCUT2D eigenvalue weighted by Gasteiger charge is -2.34. The molecule has 0 aromatic heterocycles. The number of rotatable bonds is 5. The SMILES string of the molecule is CNC(=O)C1COCCN1C(=O)COCC(=O)O. The number of carboxylic acids is 1. The highest BCUT2D eigenvalue weighted by molar-refractivity contribution is 5.88. The number of carboxylic acid groups (broad SMARTS) is 1. The number of morpholine rings is 1. The van der Waals surface area contributed by atoms with Crippen molar-refractivity contribution < 1.29 is 29.0 Å². The van der Waals surface area contributed by atoms with Crippen LogP contribution in [0.2, 0.25) is 0 Å². The van der Waals surface area contributed by atoms with Crippen LogP contribution in [-0.2, 0) is 23.9 Å². The average molecular weight is 260 g/mol. The highest BCUT2D eigenvalue weighted by Crippen LogP contribution is 2.07. The number of amides is 2. The largest absolute Gasteiger partial charge is 0.480 e. The molecule has 1 saturated heterocycles. The second-order valence-corrected chi connectivity index (χ2v) is 3.68. The number of likely N-dealkylation sites (N-methyl/N-ethyl adjacent to an activating group) is 1. The first kappa shape index (κ1) is 14.4. The molecule has 1 unspecified atom stereocenters. The lowest BCUT2D eigenvalue weighted by atomic mass is 10.2. The zero-order valence-electron chi connectivity index (χ0n) is 10.0. The van der Waals surface area contributed by atoms with Gasteiger partial charge in [0.25, 0.3) is 0 Å². The molecule has 1 aliphatic rings. The van der Waals surface area contributed by atoms with Gasteiger partial charge < -0.3 is 24.8 Å². The van der Waals surface area contributed by atoms with Crippen molar-refractivity contribution in [1.82, 2.24) is 10.2 Å². The topological polar surface area (TPSA) is 105 Å². The molecule has 18 heavy (non-hydrogen) atoms. The molecule has 2 amide bonds. The molecule has 8 heteroatoms. The Balaban J connectivity index is 2.52. The summed E-state index contributed by atoms with van der Waals surface area (Å²) < 4.78 is 9.85. The first-order valence-electron chi connectivity index (χ1n) is 5.44. The lowest BCUT2D eigenvalue weighted by Crippen LogP contribution is -2.56. The monoisotopic (exact) mass is 260 g/mol. The molecule has 0 aromatic carbocycles. The molecule has 2 N–H and O–H groups in total. The number of nitrogens with zero attached hydrogens (tertiary/aromatic N) is 1. The van der Waals surface area contributed by atoms with Gasteiger partial charge in [0.2, 0.25) is 11.8 Å². The third-order valence-electron chi connectivity index (χ3n) is 2.45. The van der Waals surface area contributed by atoms with E-state index in [-0.39, 0.29) is 25.7 Å². The zero-order valence-corrected chi connectivity index (χ0v) is 10.0. The smallest absolute Gasteiger partial charge is 0.329 e. The minimum atomic E-state index is -1.15. The molecule has 0 aromatic rings. The molecule has 0 saturated carbocycles. The third-order valence-corrected chi connectivity index (χ3v) is 2.45. The first-order valence-corrected chi connectivity index (χ1v) is 5.44. The fourth-order valence-corrected chi connectivity index (χ4v) is 1.59. The molecular weight excluding hydrogens is 244 g/mol. The second-order valence-electron chi connectivity index (χ2n) is 3.68. The van der Waals surface area contributed by atoms with E-state index in [0.29, 0.717) is 6.61 Å². The van der Waals surface area contributed by atoms with Crippen molar-refractivity contribution in [2.24, 2.45) is 0 Å². The molecule has 0 spiro atoms. The van der Waals surface area contributed by atoms with Crippen LogP contribution in [0.5, 0.6) is 0 Å². The number of carbonyl (C=O) groups is 3. The van der Waals surface area contributed by atoms with Gasteiger partial charge in [-0.2, -0.15) is 0 Å². The maximum atomic E-state index is 11.8. The van der Waals surface area contributed by atoms with Crippen LogP contribution in [0.3, 0.4) is 0 Å². The number of carbonyl (C=O) groups excluding carboxylic acids is 2. The van der Waals surface area contributed by atoms with Crippen molar-refractivity contribution in [3.05, 3.63) is 0 Å². The number of nitrogens with one attached hydrogen (secondary N) is 1. The Labute approximate surface area is 104 Å². The fraction of sp³-hybridized carbons (Fsp3) is 0.700. The molecule has 1 aliphatic heterocycles. The van der Waals surface area contributed by atoms with E-state index in [1.807, 2.05) is 0 Å². The Kier molecular flexibility index (Phi) is 5.53. The molecule has 1 atom stereocenters. The van der Waals surface area contributed by atoms with Gasteiger partial charge >= 0.3 is 5.97 Å². The van der Waals surface area contributed by atoms with Crippen molar-refractivity contribution in [2.75, 3.05) is 40.0 Å². The third kappa shape index (κ3) is 3.97. The van der Waals surface area contributed by atoms with E-state index in [9.17, 15) is 14.4 Å². The molecule has 0 radical (unpaired) electrons. The number of hydrogen-bond acceptors (Lipinski definition) is 5. The van der Waals surface area contributed by atoms with Crippen molar-refractivity contribution in [2.45, 2.75) is 6.04 Å². The van der Waals surface area contributed by atoms with Gasteiger partial charge in [0.15, 0.2) is 0 Å². The van der Waals surface area contributed by atoms with Gasteiger partial charge in [0.1, 0.15) is 19.3 Å². The standard InChI is InChI=1S/C10H16N2O6/c1-11-10(16)7-4-17-3-2-12(7)8(13)5-18-6-9(14)15/h7H,2-6H2,1H3,(H,11,16)(H,14,15). The predicted octanol–water partition coefficient (Wildman–Crippen LogP) is -1.94. The maximum Gasteiger partial charge on any atom is 0.329 e. The van der Waals surface area contributed by atoms with Crippen LogP contribution in [0.4, 0.5) is 0 Å². The maximum absolute atomic E-state index is 11.8. The van der Waals surface area contributed by atoms with Gasteiger partial charge in [-0.05, 0) is 0 Å². The van der Waals surface area contributed by atoms with E-state index < -0.39 is 24.5 Å². The van der Waals surface area contributed by atoms with Gasteiger partial charge in [-0.3, -0.25) is 9.59 Å². The summed E-state index contributed by atoms with van der Waals surface area (Å²) in [6.45, 7) is -0.142. The van der Waals surface area contributed by atoms with Crippen molar-refractivity contribution in [3.63, 3.8) is 0 Å². The Morgan fingerprint density at radius 1 is 1.44 bits per heavy atom. The Hall–Kier alpha value is -1.67. The lowest BCUT2D eigenvalue weighted by molar-refractivity contribution is -0.154. The normalized spacial score (nSPS) is 19.4. The van der Waals surface area contributed by atoms with Crippen LogP contribution < -0.4 is 5.32 Å². The molecule has 0 aliphatic carbocycles. The van der Waals surface area contributed by atoms with Gasteiger partial charge in [-0.1, -0.05) is 0 Å². The van der Waals surface area contributed by atoms with E-state index in [2.05, 4.69) is 5.32 Å². The second kappa shape index (κ2) is 6.92. The summed E-state index contributed by atoms with van der Waals surface area (Å²) in [5, 5.41) is 10.8. The van der Waals surface area contributed by atoms with Crippen LogP contribution in [-0.4, -0.2) is 73.9 Å². The minimum Gasteiger partial charge on any atom is -0.480 e. The quantitative estimate of drug-likeness (QED) is 0.596. The molecule has 1 fully saturated rings. The Morgan fingerprint density at radius 2 is 2.17 bits per heavy atom. The van der Waals surface area contributed by atoms with Crippen LogP contribution in [0, 0.1) is 0 Å². The molecule has 0 bridgehead atoms. The van der Waals surface area contributed by atoms with E-state index in [4.69, 9.17) is 14.6 Å².